The van der Waals surface area contributed by atoms with Crippen LogP contribution in [0.5, 0.6) is 0 Å². The molecular formula is C8H15BrFNO. The summed E-state index contributed by atoms with van der Waals surface area (Å²) in [7, 11) is 0. The van der Waals surface area contributed by atoms with Crippen molar-refractivity contribution >= 4 is 15.9 Å². The summed E-state index contributed by atoms with van der Waals surface area (Å²) < 4.78 is 12.2. The predicted molar refractivity (Wildman–Crippen MR) is 53.0 cm³/mol. The highest BCUT2D eigenvalue weighted by molar-refractivity contribution is 9.11. The largest absolute Gasteiger partial charge is 0.291 e. The zero-order chi connectivity index (χ0) is 9.98. The van der Waals surface area contributed by atoms with E-state index in [2.05, 4.69) is 15.9 Å². The molecule has 0 spiro atoms. The molecule has 12 heavy (non-hydrogen) atoms. The van der Waals surface area contributed by atoms with Crippen LogP contribution >= 0.6 is 15.9 Å². The van der Waals surface area contributed by atoms with Crippen LogP contribution in [0.25, 0.3) is 0 Å². The van der Waals surface area contributed by atoms with Crippen LogP contribution in [0.4, 0.5) is 4.39 Å². The third kappa shape index (κ3) is 7.75. The number of alkyl halides is 1. The molecule has 0 bridgehead atoms. The minimum Gasteiger partial charge on any atom is -0.291 e. The van der Waals surface area contributed by atoms with Crippen LogP contribution in [0.2, 0.25) is 0 Å². The summed E-state index contributed by atoms with van der Waals surface area (Å²) in [5, 5.41) is 8.36. The van der Waals surface area contributed by atoms with Crippen molar-refractivity contribution in [3.8, 4) is 0 Å². The molecule has 0 saturated carbocycles. The number of halogens is 2. The molecule has 0 aromatic rings. The molecule has 0 aromatic carbocycles. The first-order valence-electron chi connectivity index (χ1n) is 3.73. The van der Waals surface area contributed by atoms with Crippen LogP contribution in [-0.4, -0.2) is 11.9 Å². The first kappa shape index (κ1) is 14.2. The molecule has 72 valence electrons. The lowest BCUT2D eigenvalue weighted by Gasteiger charge is -1.97. The Morgan fingerprint density at radius 1 is 1.58 bits per heavy atom. The fraction of sp³-hybridized carbons (Fsp3) is 0.500. The number of rotatable bonds is 3. The van der Waals surface area contributed by atoms with Crippen LogP contribution in [0, 0.1) is 0 Å². The van der Waals surface area contributed by atoms with Gasteiger partial charge in [-0.05, 0) is 13.0 Å². The minimum absolute atomic E-state index is 0.391. The average molecular weight is 240 g/mol. The number of nitrogens with one attached hydrogen (secondary N) is 1. The van der Waals surface area contributed by atoms with E-state index in [9.17, 15) is 4.39 Å². The lowest BCUT2D eigenvalue weighted by Crippen LogP contribution is -2.03. The zero-order valence-corrected chi connectivity index (χ0v) is 9.15. The van der Waals surface area contributed by atoms with Crippen molar-refractivity contribution in [2.24, 2.45) is 0 Å². The van der Waals surface area contributed by atoms with E-state index in [-0.39, 0.29) is 0 Å². The van der Waals surface area contributed by atoms with Crippen molar-refractivity contribution < 1.29 is 9.60 Å². The molecule has 0 atom stereocenters. The van der Waals surface area contributed by atoms with Gasteiger partial charge in [-0.1, -0.05) is 35.9 Å². The second-order valence-corrected chi connectivity index (χ2v) is 2.60. The van der Waals surface area contributed by atoms with Crippen LogP contribution in [0.15, 0.2) is 22.3 Å². The van der Waals surface area contributed by atoms with E-state index < -0.39 is 6.67 Å². The van der Waals surface area contributed by atoms with Crippen LogP contribution < -0.4 is 5.48 Å². The van der Waals surface area contributed by atoms with E-state index in [1.54, 1.807) is 13.0 Å². The van der Waals surface area contributed by atoms with Gasteiger partial charge in [0.25, 0.3) is 0 Å². The molecule has 4 heteroatoms. The summed E-state index contributed by atoms with van der Waals surface area (Å²) in [6, 6.07) is 0. The van der Waals surface area contributed by atoms with E-state index in [4.69, 9.17) is 5.21 Å². The summed E-state index contributed by atoms with van der Waals surface area (Å²) in [6.45, 7) is 5.16. The zero-order valence-electron chi connectivity index (χ0n) is 7.56. The van der Waals surface area contributed by atoms with Crippen molar-refractivity contribution in [1.82, 2.24) is 5.48 Å². The van der Waals surface area contributed by atoms with Gasteiger partial charge in [0.1, 0.15) is 6.67 Å². The third-order valence-corrected chi connectivity index (χ3v) is 1.32. The lowest BCUT2D eigenvalue weighted by molar-refractivity contribution is 0.204. The van der Waals surface area contributed by atoms with Crippen LogP contribution in [-0.2, 0) is 0 Å². The Bertz CT molecular complexity index is 157. The monoisotopic (exact) mass is 239 g/mol. The molecule has 0 amide bonds. The predicted octanol–water partition coefficient (Wildman–Crippen LogP) is 3.14. The highest BCUT2D eigenvalue weighted by Crippen LogP contribution is 2.07. The van der Waals surface area contributed by atoms with Crippen LogP contribution in [0.3, 0.4) is 0 Å². The molecular weight excluding hydrogens is 225 g/mol. The van der Waals surface area contributed by atoms with Gasteiger partial charge in [0.15, 0.2) is 0 Å². The average Bonchev–Trinajstić information content (AvgIpc) is 2.16. The summed E-state index contributed by atoms with van der Waals surface area (Å²) in [5.74, 6) is 0. The van der Waals surface area contributed by atoms with Gasteiger partial charge in [-0.2, -0.15) is 0 Å². The molecule has 0 rings (SSSR count). The van der Waals surface area contributed by atoms with E-state index in [0.29, 0.717) is 10.2 Å². The van der Waals surface area contributed by atoms with Gasteiger partial charge in [0.05, 0.1) is 5.70 Å². The second kappa shape index (κ2) is 10.7. The minimum atomic E-state index is -0.570. The van der Waals surface area contributed by atoms with E-state index in [0.717, 1.165) is 0 Å². The smallest absolute Gasteiger partial charge is 0.121 e. The molecule has 0 unspecified atom stereocenters. The van der Waals surface area contributed by atoms with Gasteiger partial charge in [-0.15, -0.1) is 0 Å². The number of allylic oxidation sites excluding steroid dienone is 3. The fourth-order valence-corrected chi connectivity index (χ4v) is 0.634. The molecule has 0 aliphatic carbocycles. The van der Waals surface area contributed by atoms with Crippen LogP contribution in [0.1, 0.15) is 20.8 Å². The Balaban J connectivity index is 0. The quantitative estimate of drug-likeness (QED) is 0.586. The summed E-state index contributed by atoms with van der Waals surface area (Å²) in [5.41, 5.74) is 2.37. The highest BCUT2D eigenvalue weighted by atomic mass is 79.9. The van der Waals surface area contributed by atoms with Gasteiger partial charge in [-0.25, -0.2) is 4.39 Å². The topological polar surface area (TPSA) is 32.3 Å². The van der Waals surface area contributed by atoms with Gasteiger partial charge < -0.3 is 0 Å². The Labute approximate surface area is 81.3 Å². The molecule has 0 aliphatic rings. The van der Waals surface area contributed by atoms with Gasteiger partial charge in [0, 0.05) is 4.48 Å². The maximum Gasteiger partial charge on any atom is 0.121 e. The highest BCUT2D eigenvalue weighted by Gasteiger charge is 1.91. The van der Waals surface area contributed by atoms with Gasteiger partial charge >= 0.3 is 0 Å². The standard InChI is InChI=1S/C6H9BrFNO.C2H6/c1-2-6(9-10)3-5(7)4-8;1-2/h2-3,9-10H,4H2,1H3;1-2H3/b5-3+,6-2+;. The SMILES string of the molecule is C/C=C(\C=C(\Br)CF)NO.CC. The molecule has 0 radical (unpaired) electrons. The molecule has 0 aliphatic heterocycles. The first-order valence-corrected chi connectivity index (χ1v) is 4.52. The van der Waals surface area contributed by atoms with E-state index in [1.165, 1.54) is 6.08 Å². The Hall–Kier alpha value is -0.350. The lowest BCUT2D eigenvalue weighted by atomic mass is 10.4. The molecule has 2 N–H and O–H groups in total. The summed E-state index contributed by atoms with van der Waals surface area (Å²) >= 11 is 2.95. The van der Waals surface area contributed by atoms with Gasteiger partial charge in [0.2, 0.25) is 0 Å². The van der Waals surface area contributed by atoms with Crippen molar-refractivity contribution in [2.75, 3.05) is 6.67 Å². The normalized spacial score (nSPS) is 11.8. The fourth-order valence-electron chi connectivity index (χ4n) is 0.387. The van der Waals surface area contributed by atoms with Crippen molar-refractivity contribution in [2.45, 2.75) is 20.8 Å². The molecule has 0 fully saturated rings. The second-order valence-electron chi connectivity index (χ2n) is 1.58. The Morgan fingerprint density at radius 3 is 2.33 bits per heavy atom. The summed E-state index contributed by atoms with van der Waals surface area (Å²) in [4.78, 5) is 0. The maximum atomic E-state index is 11.8. The summed E-state index contributed by atoms with van der Waals surface area (Å²) in [6.07, 6.45) is 3.08. The van der Waals surface area contributed by atoms with E-state index >= 15 is 0 Å². The maximum absolute atomic E-state index is 11.8. The first-order chi connectivity index (χ1) is 5.74. The van der Waals surface area contributed by atoms with E-state index in [1.807, 2.05) is 19.3 Å². The Morgan fingerprint density at radius 2 is 2.08 bits per heavy atom. The molecule has 0 aromatic heterocycles. The molecule has 2 nitrogen and oxygen atoms in total. The van der Waals surface area contributed by atoms with Crippen molar-refractivity contribution in [1.29, 1.82) is 0 Å². The number of hydrogen-bond acceptors (Lipinski definition) is 2. The number of hydrogen-bond donors (Lipinski definition) is 2. The Kier molecular flexibility index (Phi) is 12.6. The number of hydroxylamine groups is 1. The van der Waals surface area contributed by atoms with Crippen molar-refractivity contribution in [3.05, 3.63) is 22.3 Å². The molecule has 0 saturated heterocycles. The third-order valence-electron chi connectivity index (χ3n) is 0.880. The van der Waals surface area contributed by atoms with Gasteiger partial charge in [-0.3, -0.25) is 10.7 Å². The molecule has 0 heterocycles. The van der Waals surface area contributed by atoms with Crippen molar-refractivity contribution in [3.63, 3.8) is 0 Å².